The number of benzene rings is 3. The molecule has 0 fully saturated rings. The summed E-state index contributed by atoms with van der Waals surface area (Å²) in [5.74, 6) is 2.08. The molecule has 0 aliphatic heterocycles. The first kappa shape index (κ1) is 24.0. The lowest BCUT2D eigenvalue weighted by molar-refractivity contribution is 0.0937. The molecule has 5 nitrogen and oxygen atoms in total. The number of amides is 1. The van der Waals surface area contributed by atoms with Gasteiger partial charge < -0.3 is 14.6 Å². The highest BCUT2D eigenvalue weighted by Crippen LogP contribution is 2.26. The summed E-state index contributed by atoms with van der Waals surface area (Å²) in [5, 5.41) is 3.10. The highest BCUT2D eigenvalue weighted by Gasteiger charge is 2.19. The second-order valence-corrected chi connectivity index (χ2v) is 9.63. The zero-order valence-corrected chi connectivity index (χ0v) is 21.4. The van der Waals surface area contributed by atoms with Crippen molar-refractivity contribution in [1.82, 2.24) is 14.9 Å². The van der Waals surface area contributed by atoms with Crippen molar-refractivity contribution in [2.24, 2.45) is 0 Å². The normalized spacial score (nSPS) is 12.1. The molecule has 0 aliphatic carbocycles. The minimum Gasteiger partial charge on any atom is -0.493 e. The molecule has 1 N–H and O–H groups in total. The summed E-state index contributed by atoms with van der Waals surface area (Å²) in [6.45, 7) is 7.68. The van der Waals surface area contributed by atoms with Crippen molar-refractivity contribution in [2.75, 3.05) is 6.61 Å². The Balaban J connectivity index is 1.48. The van der Waals surface area contributed by atoms with Crippen LogP contribution in [0.4, 0.5) is 0 Å². The predicted molar refractivity (Wildman–Crippen MR) is 140 cm³/mol. The van der Waals surface area contributed by atoms with E-state index in [9.17, 15) is 4.79 Å². The molecule has 0 saturated heterocycles. The molecule has 0 saturated carbocycles. The fourth-order valence-electron chi connectivity index (χ4n) is 4.13. The molecule has 4 rings (SSSR count). The van der Waals surface area contributed by atoms with Gasteiger partial charge in [0.1, 0.15) is 11.6 Å². The number of hydrogen-bond donors (Lipinski definition) is 1. The monoisotopic (exact) mass is 519 g/mol. The second-order valence-electron chi connectivity index (χ2n) is 8.71. The molecule has 34 heavy (non-hydrogen) atoms. The Hall–Kier alpha value is -3.12. The summed E-state index contributed by atoms with van der Waals surface area (Å²) in [7, 11) is 0. The van der Waals surface area contributed by atoms with Crippen LogP contribution < -0.4 is 10.1 Å². The van der Waals surface area contributed by atoms with Crippen LogP contribution in [-0.2, 0) is 6.54 Å². The first-order valence-corrected chi connectivity index (χ1v) is 12.5. The number of carbonyl (C=O) groups excluding carboxylic acids is 1. The number of aromatic nitrogens is 2. The highest BCUT2D eigenvalue weighted by molar-refractivity contribution is 9.10. The number of fused-ring (bicyclic) bond motifs is 1. The third kappa shape index (κ3) is 5.50. The summed E-state index contributed by atoms with van der Waals surface area (Å²) in [5.41, 5.74) is 3.82. The summed E-state index contributed by atoms with van der Waals surface area (Å²) < 4.78 is 9.20. The fraction of sp³-hybridized carbons (Fsp3) is 0.286. The average Bonchev–Trinajstić information content (AvgIpc) is 3.20. The maximum absolute atomic E-state index is 12.8. The molecule has 0 spiro atoms. The van der Waals surface area contributed by atoms with E-state index in [1.807, 2.05) is 61.5 Å². The van der Waals surface area contributed by atoms with E-state index in [4.69, 9.17) is 9.72 Å². The van der Waals surface area contributed by atoms with E-state index >= 15 is 0 Å². The van der Waals surface area contributed by atoms with Gasteiger partial charge in [0.25, 0.3) is 5.91 Å². The van der Waals surface area contributed by atoms with Crippen LogP contribution in [0.1, 0.15) is 60.9 Å². The molecule has 0 aliphatic rings. The van der Waals surface area contributed by atoms with Crippen LogP contribution >= 0.6 is 15.9 Å². The molecule has 176 valence electrons. The van der Waals surface area contributed by atoms with Crippen LogP contribution in [0.25, 0.3) is 11.0 Å². The van der Waals surface area contributed by atoms with Gasteiger partial charge in [0.05, 0.1) is 23.7 Å². The van der Waals surface area contributed by atoms with Crippen LogP contribution in [0.2, 0.25) is 0 Å². The molecule has 0 radical (unpaired) electrons. The number of aryl methyl sites for hydroxylation is 1. The summed E-state index contributed by atoms with van der Waals surface area (Å²) >= 11 is 3.43. The lowest BCUT2D eigenvalue weighted by atomic mass is 10.0. The van der Waals surface area contributed by atoms with Crippen molar-refractivity contribution >= 4 is 32.9 Å². The van der Waals surface area contributed by atoms with Gasteiger partial charge in [-0.25, -0.2) is 4.98 Å². The van der Waals surface area contributed by atoms with Crippen LogP contribution in [0.5, 0.6) is 5.75 Å². The lowest BCUT2D eigenvalue weighted by Gasteiger charge is -2.17. The Morgan fingerprint density at radius 3 is 2.59 bits per heavy atom. The molecule has 1 aromatic heterocycles. The molecule has 1 amide bonds. The first-order valence-electron chi connectivity index (χ1n) is 11.7. The number of imidazole rings is 1. The Bertz CT molecular complexity index is 1280. The van der Waals surface area contributed by atoms with Gasteiger partial charge >= 0.3 is 0 Å². The molecule has 6 heteroatoms. The van der Waals surface area contributed by atoms with Crippen molar-refractivity contribution < 1.29 is 9.53 Å². The van der Waals surface area contributed by atoms with E-state index < -0.39 is 0 Å². The van der Waals surface area contributed by atoms with Gasteiger partial charge in [-0.3, -0.25) is 4.79 Å². The highest BCUT2D eigenvalue weighted by atomic mass is 79.9. The SMILES string of the molecule is CC(C)c1ccccc1OCCCn1c(C(C)NC(=O)c2cccc(Br)c2)nc2ccccc21. The van der Waals surface area contributed by atoms with E-state index in [0.717, 1.165) is 40.0 Å². The largest absolute Gasteiger partial charge is 0.493 e. The molecular formula is C28H30BrN3O2. The second kappa shape index (κ2) is 10.9. The summed E-state index contributed by atoms with van der Waals surface area (Å²) in [6.07, 6.45) is 0.825. The van der Waals surface area contributed by atoms with Crippen LogP contribution in [0.15, 0.2) is 77.3 Å². The standard InChI is InChI=1S/C28H30BrN3O2/c1-19(2)23-12-4-7-15-26(23)34-17-9-16-32-25-14-6-5-13-24(25)31-27(32)20(3)30-28(33)21-10-8-11-22(29)18-21/h4-8,10-15,18-20H,9,16-17H2,1-3H3,(H,30,33). The fourth-order valence-corrected chi connectivity index (χ4v) is 4.53. The lowest BCUT2D eigenvalue weighted by Crippen LogP contribution is -2.29. The van der Waals surface area contributed by atoms with Crippen molar-refractivity contribution in [3.63, 3.8) is 0 Å². The van der Waals surface area contributed by atoms with Gasteiger partial charge in [-0.05, 0) is 61.2 Å². The van der Waals surface area contributed by atoms with E-state index in [1.165, 1.54) is 5.56 Å². The average molecular weight is 520 g/mol. The number of ether oxygens (including phenoxy) is 1. The molecule has 0 bridgehead atoms. The third-order valence-electron chi connectivity index (χ3n) is 5.83. The van der Waals surface area contributed by atoms with Crippen molar-refractivity contribution in [2.45, 2.75) is 45.7 Å². The number of hydrogen-bond acceptors (Lipinski definition) is 3. The Kier molecular flexibility index (Phi) is 7.68. The minimum atomic E-state index is -0.249. The maximum Gasteiger partial charge on any atom is 0.251 e. The number of para-hydroxylation sites is 3. The Morgan fingerprint density at radius 2 is 1.79 bits per heavy atom. The number of nitrogens with zero attached hydrogens (tertiary/aromatic N) is 2. The minimum absolute atomic E-state index is 0.124. The van der Waals surface area contributed by atoms with E-state index in [2.05, 4.69) is 57.9 Å². The van der Waals surface area contributed by atoms with E-state index in [-0.39, 0.29) is 11.9 Å². The maximum atomic E-state index is 12.8. The zero-order chi connectivity index (χ0) is 24.1. The van der Waals surface area contributed by atoms with E-state index in [0.29, 0.717) is 18.1 Å². The van der Waals surface area contributed by atoms with E-state index in [1.54, 1.807) is 0 Å². The molecule has 1 unspecified atom stereocenters. The zero-order valence-electron chi connectivity index (χ0n) is 19.8. The van der Waals surface area contributed by atoms with Crippen molar-refractivity contribution in [3.05, 3.63) is 94.2 Å². The Labute approximate surface area is 209 Å². The summed E-state index contributed by atoms with van der Waals surface area (Å²) in [4.78, 5) is 17.7. The first-order chi connectivity index (χ1) is 16.4. The number of halogens is 1. The molecule has 4 aromatic rings. The predicted octanol–water partition coefficient (Wildman–Crippen LogP) is 6.88. The van der Waals surface area contributed by atoms with Gasteiger partial charge in [0.15, 0.2) is 0 Å². The molecule has 3 aromatic carbocycles. The van der Waals surface area contributed by atoms with Crippen molar-refractivity contribution in [3.8, 4) is 5.75 Å². The third-order valence-corrected chi connectivity index (χ3v) is 6.32. The van der Waals surface area contributed by atoms with Gasteiger partial charge in [-0.2, -0.15) is 0 Å². The van der Waals surface area contributed by atoms with Gasteiger partial charge in [0, 0.05) is 16.6 Å². The molecule has 1 heterocycles. The smallest absolute Gasteiger partial charge is 0.251 e. The van der Waals surface area contributed by atoms with Gasteiger partial charge in [0.2, 0.25) is 0 Å². The summed E-state index contributed by atoms with van der Waals surface area (Å²) in [6, 6.07) is 23.4. The number of nitrogens with one attached hydrogen (secondary N) is 1. The number of rotatable bonds is 9. The van der Waals surface area contributed by atoms with Gasteiger partial charge in [-0.1, -0.05) is 66.2 Å². The number of carbonyl (C=O) groups is 1. The molecular weight excluding hydrogens is 490 g/mol. The van der Waals surface area contributed by atoms with Crippen LogP contribution in [-0.4, -0.2) is 22.1 Å². The van der Waals surface area contributed by atoms with Crippen LogP contribution in [0.3, 0.4) is 0 Å². The molecule has 1 atom stereocenters. The van der Waals surface area contributed by atoms with Gasteiger partial charge in [-0.15, -0.1) is 0 Å². The quantitative estimate of drug-likeness (QED) is 0.245. The van der Waals surface area contributed by atoms with Crippen LogP contribution in [0, 0.1) is 0 Å². The topological polar surface area (TPSA) is 56.1 Å². The Morgan fingerprint density at radius 1 is 1.03 bits per heavy atom. The van der Waals surface area contributed by atoms with Crippen molar-refractivity contribution in [1.29, 1.82) is 0 Å².